The molecule has 2 unspecified atom stereocenters. The average molecular weight is 481 g/mol. The van der Waals surface area contributed by atoms with Crippen molar-refractivity contribution in [3.8, 4) is 0 Å². The van der Waals surface area contributed by atoms with Gasteiger partial charge < -0.3 is 4.74 Å². The van der Waals surface area contributed by atoms with Gasteiger partial charge in [-0.2, -0.15) is 13.2 Å². The summed E-state index contributed by atoms with van der Waals surface area (Å²) in [7, 11) is -7.93. The molecule has 1 heterocycles. The van der Waals surface area contributed by atoms with Crippen LogP contribution in [0.3, 0.4) is 0 Å². The highest BCUT2D eigenvalue weighted by Gasteiger charge is 2.42. The van der Waals surface area contributed by atoms with Crippen LogP contribution in [0.2, 0.25) is 0 Å². The van der Waals surface area contributed by atoms with Crippen LogP contribution in [0.4, 0.5) is 17.6 Å². The summed E-state index contributed by atoms with van der Waals surface area (Å²) < 4.78 is 108. The maximum atomic E-state index is 14.4. The fourth-order valence-electron chi connectivity index (χ4n) is 3.65. The molecular formula is C20H20F4O5S2. The average Bonchev–Trinajstić information content (AvgIpc) is 2.66. The predicted octanol–water partition coefficient (Wildman–Crippen LogP) is 4.12. The molecule has 0 aliphatic carbocycles. The van der Waals surface area contributed by atoms with Crippen LogP contribution in [-0.2, 0) is 36.2 Å². The van der Waals surface area contributed by atoms with E-state index in [1.54, 1.807) is 0 Å². The van der Waals surface area contributed by atoms with Gasteiger partial charge >= 0.3 is 6.18 Å². The van der Waals surface area contributed by atoms with Crippen molar-refractivity contribution in [1.29, 1.82) is 0 Å². The lowest BCUT2D eigenvalue weighted by molar-refractivity contribution is -0.137. The van der Waals surface area contributed by atoms with Gasteiger partial charge in [0.15, 0.2) is 19.7 Å². The van der Waals surface area contributed by atoms with Gasteiger partial charge in [-0.15, -0.1) is 0 Å². The molecule has 1 aliphatic rings. The Morgan fingerprint density at radius 3 is 2.32 bits per heavy atom. The Balaban J connectivity index is 1.95. The molecule has 0 N–H and O–H groups in total. The molecule has 0 radical (unpaired) electrons. The fraction of sp³-hybridized carbons (Fsp3) is 0.400. The molecule has 0 saturated carbocycles. The number of ether oxygens (including phenoxy) is 1. The zero-order valence-electron chi connectivity index (χ0n) is 16.6. The first-order valence-corrected chi connectivity index (χ1v) is 12.6. The normalized spacial score (nSPS) is 23.0. The fourth-order valence-corrected chi connectivity index (χ4v) is 6.27. The molecule has 2 aromatic rings. The first-order valence-electron chi connectivity index (χ1n) is 9.20. The Kier molecular flexibility index (Phi) is 6.00. The highest BCUT2D eigenvalue weighted by atomic mass is 32.2. The molecule has 2 atom stereocenters. The number of rotatable bonds is 4. The molecule has 1 aliphatic heterocycles. The van der Waals surface area contributed by atoms with Crippen LogP contribution in [0, 0.1) is 5.82 Å². The van der Waals surface area contributed by atoms with Gasteiger partial charge in [-0.1, -0.05) is 12.1 Å². The third-order valence-electron chi connectivity index (χ3n) is 5.35. The van der Waals surface area contributed by atoms with Crippen molar-refractivity contribution in [1.82, 2.24) is 0 Å². The molecule has 1 fully saturated rings. The van der Waals surface area contributed by atoms with Gasteiger partial charge in [0.1, 0.15) is 10.7 Å². The van der Waals surface area contributed by atoms with Gasteiger partial charge in [0.2, 0.25) is 0 Å². The van der Waals surface area contributed by atoms with E-state index in [1.165, 1.54) is 13.0 Å². The van der Waals surface area contributed by atoms with Crippen molar-refractivity contribution in [2.45, 2.75) is 46.6 Å². The van der Waals surface area contributed by atoms with E-state index >= 15 is 0 Å². The second-order valence-corrected chi connectivity index (χ2v) is 11.9. The standard InChI is InChI=1S/C20H20F4O5S2/c1-19(13-6-7-18(17(21)11-13)30(2,25)26)12-16(8-9-29-19)31(27,28)15-5-3-4-14(10-15)20(22,23)24/h3-7,10-11,16H,8-9,12H2,1-2H3. The second-order valence-electron chi connectivity index (χ2n) is 7.68. The third-order valence-corrected chi connectivity index (χ3v) is 8.67. The van der Waals surface area contributed by atoms with Gasteiger partial charge in [-0.3, -0.25) is 0 Å². The Morgan fingerprint density at radius 1 is 1.06 bits per heavy atom. The maximum absolute atomic E-state index is 14.4. The number of alkyl halides is 3. The van der Waals surface area contributed by atoms with Crippen LogP contribution >= 0.6 is 0 Å². The first-order chi connectivity index (χ1) is 14.1. The molecule has 11 heteroatoms. The van der Waals surface area contributed by atoms with Gasteiger partial charge in [-0.05, 0) is 55.7 Å². The van der Waals surface area contributed by atoms with Crippen LogP contribution in [0.15, 0.2) is 52.3 Å². The number of hydrogen-bond donors (Lipinski definition) is 0. The molecule has 2 aromatic carbocycles. The third kappa shape index (κ3) is 4.78. The van der Waals surface area contributed by atoms with E-state index in [-0.39, 0.29) is 25.0 Å². The van der Waals surface area contributed by atoms with Crippen LogP contribution < -0.4 is 0 Å². The lowest BCUT2D eigenvalue weighted by Crippen LogP contribution is -2.40. The molecule has 5 nitrogen and oxygen atoms in total. The van der Waals surface area contributed by atoms with Crippen LogP contribution in [0.25, 0.3) is 0 Å². The first kappa shape index (κ1) is 23.7. The summed E-state index contributed by atoms with van der Waals surface area (Å²) in [6.45, 7) is 1.52. The Bertz CT molecular complexity index is 1210. The molecule has 0 bridgehead atoms. The zero-order chi connectivity index (χ0) is 23.2. The molecule has 0 spiro atoms. The van der Waals surface area contributed by atoms with Crippen molar-refractivity contribution in [2.24, 2.45) is 0 Å². The second kappa shape index (κ2) is 7.86. The number of sulfone groups is 2. The van der Waals surface area contributed by atoms with E-state index in [2.05, 4.69) is 0 Å². The van der Waals surface area contributed by atoms with E-state index in [4.69, 9.17) is 4.74 Å². The van der Waals surface area contributed by atoms with Gasteiger partial charge in [0, 0.05) is 12.9 Å². The molecule has 170 valence electrons. The van der Waals surface area contributed by atoms with Gasteiger partial charge in [0.25, 0.3) is 0 Å². The lowest BCUT2D eigenvalue weighted by Gasteiger charge is -2.38. The molecule has 3 rings (SSSR count). The minimum atomic E-state index is -4.69. The van der Waals surface area contributed by atoms with Crippen LogP contribution in [-0.4, -0.2) is 34.9 Å². The highest BCUT2D eigenvalue weighted by molar-refractivity contribution is 7.92. The topological polar surface area (TPSA) is 77.5 Å². The monoisotopic (exact) mass is 480 g/mol. The van der Waals surface area contributed by atoms with Crippen LogP contribution in [0.1, 0.15) is 30.9 Å². The summed E-state index contributed by atoms with van der Waals surface area (Å²) >= 11 is 0. The van der Waals surface area contributed by atoms with Crippen molar-refractivity contribution < 1.29 is 39.1 Å². The van der Waals surface area contributed by atoms with Crippen molar-refractivity contribution in [3.05, 3.63) is 59.4 Å². The molecular weight excluding hydrogens is 460 g/mol. The smallest absolute Gasteiger partial charge is 0.370 e. The van der Waals surface area contributed by atoms with Gasteiger partial charge in [0.05, 0.1) is 21.3 Å². The van der Waals surface area contributed by atoms with E-state index in [9.17, 15) is 34.4 Å². The van der Waals surface area contributed by atoms with Crippen molar-refractivity contribution in [2.75, 3.05) is 12.9 Å². The maximum Gasteiger partial charge on any atom is 0.416 e. The molecule has 1 saturated heterocycles. The van der Waals surface area contributed by atoms with E-state index < -0.39 is 57.9 Å². The minimum Gasteiger partial charge on any atom is -0.370 e. The molecule has 0 amide bonds. The SMILES string of the molecule is CC1(c2ccc(S(C)(=O)=O)c(F)c2)CC(S(=O)(=O)c2cccc(C(F)(F)F)c2)CCO1. The molecule has 31 heavy (non-hydrogen) atoms. The number of hydrogen-bond acceptors (Lipinski definition) is 5. The summed E-state index contributed by atoms with van der Waals surface area (Å²) in [5.41, 5.74) is -2.10. The van der Waals surface area contributed by atoms with Crippen LogP contribution in [0.5, 0.6) is 0 Å². The van der Waals surface area contributed by atoms with Crippen molar-refractivity contribution in [3.63, 3.8) is 0 Å². The van der Waals surface area contributed by atoms with Crippen molar-refractivity contribution >= 4 is 19.7 Å². The highest BCUT2D eigenvalue weighted by Crippen LogP contribution is 2.40. The summed E-state index contributed by atoms with van der Waals surface area (Å²) in [6.07, 6.45) is -3.91. The molecule has 0 aromatic heterocycles. The summed E-state index contributed by atoms with van der Waals surface area (Å²) in [5, 5.41) is -1.06. The summed E-state index contributed by atoms with van der Waals surface area (Å²) in [6, 6.07) is 6.95. The van der Waals surface area contributed by atoms with E-state index in [0.29, 0.717) is 6.07 Å². The summed E-state index contributed by atoms with van der Waals surface area (Å²) in [5.74, 6) is -0.993. The van der Waals surface area contributed by atoms with Gasteiger partial charge in [-0.25, -0.2) is 21.2 Å². The Labute approximate surface area is 177 Å². The van der Waals surface area contributed by atoms with E-state index in [1.807, 2.05) is 0 Å². The minimum absolute atomic E-state index is 0.0190. The zero-order valence-corrected chi connectivity index (χ0v) is 18.2. The quantitative estimate of drug-likeness (QED) is 0.616. The Hall–Kier alpha value is -1.98. The predicted molar refractivity (Wildman–Crippen MR) is 104 cm³/mol. The number of benzene rings is 2. The lowest BCUT2D eigenvalue weighted by atomic mass is 9.88. The Morgan fingerprint density at radius 2 is 1.74 bits per heavy atom. The van der Waals surface area contributed by atoms with E-state index in [0.717, 1.165) is 36.6 Å². The largest absolute Gasteiger partial charge is 0.416 e. The summed E-state index contributed by atoms with van der Waals surface area (Å²) in [4.78, 5) is -0.945. The number of halogens is 4.